The predicted octanol–water partition coefficient (Wildman–Crippen LogP) is 3.30. The van der Waals surface area contributed by atoms with Crippen molar-refractivity contribution in [2.75, 3.05) is 5.32 Å². The predicted molar refractivity (Wildman–Crippen MR) is 84.5 cm³/mol. The van der Waals surface area contributed by atoms with E-state index in [2.05, 4.69) is 37.3 Å². The molecule has 2 N–H and O–H groups in total. The zero-order valence-electron chi connectivity index (χ0n) is 10.7. The number of H-pyrrole nitrogens is 1. The summed E-state index contributed by atoms with van der Waals surface area (Å²) in [6.45, 7) is 0. The van der Waals surface area contributed by atoms with Gasteiger partial charge in [-0.3, -0.25) is 9.78 Å². The van der Waals surface area contributed by atoms with Crippen molar-refractivity contribution in [1.82, 2.24) is 9.97 Å². The van der Waals surface area contributed by atoms with Gasteiger partial charge in [-0.2, -0.15) is 5.26 Å². The van der Waals surface area contributed by atoms with Gasteiger partial charge < -0.3 is 5.32 Å². The summed E-state index contributed by atoms with van der Waals surface area (Å²) in [5, 5.41) is 12.3. The molecule has 0 saturated carbocycles. The van der Waals surface area contributed by atoms with Gasteiger partial charge in [0.25, 0.3) is 5.56 Å². The van der Waals surface area contributed by atoms with Crippen molar-refractivity contribution in [3.8, 4) is 6.07 Å². The van der Waals surface area contributed by atoms with E-state index >= 15 is 0 Å². The van der Waals surface area contributed by atoms with E-state index in [1.165, 1.54) is 0 Å². The summed E-state index contributed by atoms with van der Waals surface area (Å²) >= 11 is 3.39. The van der Waals surface area contributed by atoms with E-state index in [-0.39, 0.29) is 5.56 Å². The third kappa shape index (κ3) is 2.64. The number of fused-ring (bicyclic) bond motifs is 1. The van der Waals surface area contributed by atoms with E-state index in [9.17, 15) is 4.79 Å². The zero-order valence-corrected chi connectivity index (χ0v) is 12.3. The van der Waals surface area contributed by atoms with Crippen molar-refractivity contribution in [2.24, 2.45) is 0 Å². The summed E-state index contributed by atoms with van der Waals surface area (Å²) in [5.74, 6) is 0.351. The number of para-hydroxylation sites is 1. The Labute approximate surface area is 128 Å². The molecule has 0 unspecified atom stereocenters. The standard InChI is InChI=1S/C15H9BrN4O/c16-12-3-1-2-11-13(12)19-15(20-14(11)21)18-10-6-4-9(8-17)5-7-10/h1-7H,(H2,18,19,20,21). The molecule has 0 aliphatic rings. The molecule has 0 aliphatic carbocycles. The lowest BCUT2D eigenvalue weighted by Crippen LogP contribution is -2.11. The molecule has 3 aromatic rings. The second kappa shape index (κ2) is 5.38. The quantitative estimate of drug-likeness (QED) is 0.749. The molecule has 0 radical (unpaired) electrons. The van der Waals surface area contributed by atoms with Crippen LogP contribution in [-0.2, 0) is 0 Å². The average molecular weight is 341 g/mol. The second-order valence-electron chi connectivity index (χ2n) is 4.36. The van der Waals surface area contributed by atoms with Gasteiger partial charge in [0.2, 0.25) is 5.95 Å². The van der Waals surface area contributed by atoms with Gasteiger partial charge in [0.1, 0.15) is 0 Å². The highest BCUT2D eigenvalue weighted by Gasteiger charge is 2.06. The van der Waals surface area contributed by atoms with Gasteiger partial charge in [0.05, 0.1) is 22.5 Å². The first kappa shape index (κ1) is 13.3. The van der Waals surface area contributed by atoms with Crippen LogP contribution in [0.3, 0.4) is 0 Å². The Morgan fingerprint density at radius 1 is 1.19 bits per heavy atom. The molecule has 1 heterocycles. The maximum atomic E-state index is 12.0. The molecule has 0 fully saturated rings. The van der Waals surface area contributed by atoms with Gasteiger partial charge in [-0.05, 0) is 52.3 Å². The number of hydrogen-bond donors (Lipinski definition) is 2. The van der Waals surface area contributed by atoms with Gasteiger partial charge in [-0.25, -0.2) is 4.98 Å². The van der Waals surface area contributed by atoms with E-state index in [1.807, 2.05) is 6.07 Å². The summed E-state index contributed by atoms with van der Waals surface area (Å²) in [7, 11) is 0. The Kier molecular flexibility index (Phi) is 3.42. The molecule has 3 rings (SSSR count). The van der Waals surface area contributed by atoms with Gasteiger partial charge in [-0.1, -0.05) is 6.07 Å². The van der Waals surface area contributed by atoms with E-state index < -0.39 is 0 Å². The van der Waals surface area contributed by atoms with E-state index in [0.717, 1.165) is 10.2 Å². The molecule has 1 aromatic heterocycles. The van der Waals surface area contributed by atoms with Crippen molar-refractivity contribution < 1.29 is 0 Å². The number of benzene rings is 2. The van der Waals surface area contributed by atoms with Crippen LogP contribution in [0, 0.1) is 11.3 Å². The van der Waals surface area contributed by atoms with Crippen LogP contribution in [-0.4, -0.2) is 9.97 Å². The molecule has 0 aliphatic heterocycles. The monoisotopic (exact) mass is 340 g/mol. The minimum Gasteiger partial charge on any atom is -0.326 e. The lowest BCUT2D eigenvalue weighted by atomic mass is 10.2. The summed E-state index contributed by atoms with van der Waals surface area (Å²) < 4.78 is 0.758. The van der Waals surface area contributed by atoms with E-state index in [0.29, 0.717) is 22.4 Å². The highest BCUT2D eigenvalue weighted by Crippen LogP contribution is 2.21. The van der Waals surface area contributed by atoms with Crippen molar-refractivity contribution in [2.45, 2.75) is 0 Å². The van der Waals surface area contributed by atoms with Crippen LogP contribution in [0.2, 0.25) is 0 Å². The van der Waals surface area contributed by atoms with Crippen LogP contribution in [0.15, 0.2) is 51.7 Å². The van der Waals surface area contributed by atoms with Crippen LogP contribution >= 0.6 is 15.9 Å². The van der Waals surface area contributed by atoms with E-state index in [4.69, 9.17) is 5.26 Å². The third-order valence-electron chi connectivity index (χ3n) is 2.96. The van der Waals surface area contributed by atoms with Crippen molar-refractivity contribution in [1.29, 1.82) is 5.26 Å². The molecule has 0 saturated heterocycles. The number of nitrogens with one attached hydrogen (secondary N) is 2. The van der Waals surface area contributed by atoms with Crippen LogP contribution < -0.4 is 10.9 Å². The van der Waals surface area contributed by atoms with Crippen LogP contribution in [0.1, 0.15) is 5.56 Å². The minimum atomic E-state index is -0.211. The molecule has 5 nitrogen and oxygen atoms in total. The Morgan fingerprint density at radius 3 is 2.67 bits per heavy atom. The van der Waals surface area contributed by atoms with Gasteiger partial charge in [-0.15, -0.1) is 0 Å². The maximum Gasteiger partial charge on any atom is 0.260 e. The zero-order chi connectivity index (χ0) is 14.8. The number of aromatic amines is 1. The highest BCUT2D eigenvalue weighted by atomic mass is 79.9. The number of rotatable bonds is 2. The number of nitrogens with zero attached hydrogens (tertiary/aromatic N) is 2. The molecule has 0 spiro atoms. The van der Waals surface area contributed by atoms with Crippen molar-refractivity contribution in [3.63, 3.8) is 0 Å². The minimum absolute atomic E-state index is 0.211. The summed E-state index contributed by atoms with van der Waals surface area (Å²) in [6.07, 6.45) is 0. The molecule has 6 heteroatoms. The Hall–Kier alpha value is -2.65. The first-order chi connectivity index (χ1) is 10.2. The molecule has 102 valence electrons. The largest absolute Gasteiger partial charge is 0.326 e. The second-order valence-corrected chi connectivity index (χ2v) is 5.22. The average Bonchev–Trinajstić information content (AvgIpc) is 2.49. The van der Waals surface area contributed by atoms with Gasteiger partial charge in [0.15, 0.2) is 0 Å². The third-order valence-corrected chi connectivity index (χ3v) is 3.60. The lowest BCUT2D eigenvalue weighted by Gasteiger charge is -2.07. The van der Waals surface area contributed by atoms with Gasteiger partial charge >= 0.3 is 0 Å². The number of aromatic nitrogens is 2. The summed E-state index contributed by atoms with van der Waals surface area (Å²) in [5.41, 5.74) is 1.70. The SMILES string of the molecule is N#Cc1ccc(Nc2nc3c(Br)cccc3c(=O)[nH]2)cc1. The fourth-order valence-corrected chi connectivity index (χ4v) is 2.41. The Morgan fingerprint density at radius 2 is 1.95 bits per heavy atom. The van der Waals surface area contributed by atoms with Crippen LogP contribution in [0.4, 0.5) is 11.6 Å². The first-order valence-corrected chi connectivity index (χ1v) is 6.92. The molecular weight excluding hydrogens is 332 g/mol. The van der Waals surface area contributed by atoms with Gasteiger partial charge in [0, 0.05) is 10.2 Å². The first-order valence-electron chi connectivity index (χ1n) is 6.13. The van der Waals surface area contributed by atoms with E-state index in [1.54, 1.807) is 36.4 Å². The fourth-order valence-electron chi connectivity index (χ4n) is 1.95. The fraction of sp³-hybridized carbons (Fsp3) is 0. The Bertz CT molecular complexity index is 910. The number of anilines is 2. The van der Waals surface area contributed by atoms with Crippen LogP contribution in [0.5, 0.6) is 0 Å². The number of nitriles is 1. The summed E-state index contributed by atoms with van der Waals surface area (Å²) in [6, 6.07) is 14.3. The lowest BCUT2D eigenvalue weighted by molar-refractivity contribution is 1.17. The molecule has 0 bridgehead atoms. The topological polar surface area (TPSA) is 81.6 Å². The normalized spacial score (nSPS) is 10.3. The molecule has 2 aromatic carbocycles. The smallest absolute Gasteiger partial charge is 0.260 e. The summed E-state index contributed by atoms with van der Waals surface area (Å²) in [4.78, 5) is 19.1. The molecule has 0 atom stereocenters. The van der Waals surface area contributed by atoms with Crippen molar-refractivity contribution >= 4 is 38.5 Å². The number of halogens is 1. The number of hydrogen-bond acceptors (Lipinski definition) is 4. The molecule has 21 heavy (non-hydrogen) atoms. The highest BCUT2D eigenvalue weighted by molar-refractivity contribution is 9.10. The molecular formula is C15H9BrN4O. The Balaban J connectivity index is 2.03. The molecule has 0 amide bonds. The van der Waals surface area contributed by atoms with Crippen LogP contribution in [0.25, 0.3) is 10.9 Å². The maximum absolute atomic E-state index is 12.0. The van der Waals surface area contributed by atoms with Crippen molar-refractivity contribution in [3.05, 3.63) is 62.9 Å².